The molecule has 0 bridgehead atoms. The number of nitrogens with one attached hydrogen (secondary N) is 1. The molecule has 0 amide bonds. The topological polar surface area (TPSA) is 46.9 Å². The van der Waals surface area contributed by atoms with Crippen LogP contribution in [0.4, 0.5) is 0 Å². The first-order valence-electron chi connectivity index (χ1n) is 6.19. The first-order chi connectivity index (χ1) is 7.92. The highest BCUT2D eigenvalue weighted by Crippen LogP contribution is 2.02. The van der Waals surface area contributed by atoms with E-state index >= 15 is 0 Å². The van der Waals surface area contributed by atoms with E-state index in [0.717, 1.165) is 18.8 Å². The van der Waals surface area contributed by atoms with Gasteiger partial charge in [0.1, 0.15) is 5.82 Å². The molecule has 1 rings (SSSR count). The fourth-order valence-electron chi connectivity index (χ4n) is 1.55. The Bertz CT molecular complexity index is 363. The second kappa shape index (κ2) is 5.96. The monoisotopic (exact) mass is 237 g/mol. The van der Waals surface area contributed by atoms with E-state index in [1.165, 1.54) is 0 Å². The standard InChI is InChI=1S/C13H23N3O/c1-5-7-16-8-6-14-12(16)9-11(17)10-15-13(2,3)4/h6,8,15H,5,7,9-10H2,1-4H3. The number of Topliss-reactive ketones (excluding diaryl/α,β-unsaturated/α-hetero) is 1. The Morgan fingerprint density at radius 2 is 2.18 bits per heavy atom. The highest BCUT2D eigenvalue weighted by molar-refractivity contribution is 5.82. The zero-order chi connectivity index (χ0) is 12.9. The third-order valence-corrected chi connectivity index (χ3v) is 2.44. The Morgan fingerprint density at radius 1 is 1.47 bits per heavy atom. The molecule has 0 unspecified atom stereocenters. The molecule has 0 atom stereocenters. The average Bonchev–Trinajstić information content (AvgIpc) is 2.63. The molecule has 4 heteroatoms. The van der Waals surface area contributed by atoms with Crippen LogP contribution in [0.15, 0.2) is 12.4 Å². The van der Waals surface area contributed by atoms with Gasteiger partial charge in [-0.05, 0) is 27.2 Å². The van der Waals surface area contributed by atoms with Crippen molar-refractivity contribution in [2.75, 3.05) is 6.54 Å². The number of rotatable bonds is 6. The predicted octanol–water partition coefficient (Wildman–Crippen LogP) is 1.79. The van der Waals surface area contributed by atoms with Crippen LogP contribution in [-0.4, -0.2) is 27.4 Å². The number of hydrogen-bond donors (Lipinski definition) is 1. The molecule has 96 valence electrons. The van der Waals surface area contributed by atoms with Gasteiger partial charge in [0.25, 0.3) is 0 Å². The average molecular weight is 237 g/mol. The number of aromatic nitrogens is 2. The van der Waals surface area contributed by atoms with Crippen LogP contribution in [0.2, 0.25) is 0 Å². The number of carbonyl (C=O) groups excluding carboxylic acids is 1. The van der Waals surface area contributed by atoms with Gasteiger partial charge in [0, 0.05) is 24.5 Å². The Balaban J connectivity index is 2.47. The first-order valence-corrected chi connectivity index (χ1v) is 6.19. The number of carbonyl (C=O) groups is 1. The van der Waals surface area contributed by atoms with Gasteiger partial charge in [-0.15, -0.1) is 0 Å². The molecular formula is C13H23N3O. The van der Waals surface area contributed by atoms with Crippen LogP contribution in [0, 0.1) is 0 Å². The van der Waals surface area contributed by atoms with E-state index in [4.69, 9.17) is 0 Å². The molecule has 17 heavy (non-hydrogen) atoms. The minimum Gasteiger partial charge on any atom is -0.335 e. The van der Waals surface area contributed by atoms with E-state index in [1.54, 1.807) is 6.20 Å². The van der Waals surface area contributed by atoms with Crippen molar-refractivity contribution in [3.8, 4) is 0 Å². The molecule has 0 fully saturated rings. The minimum atomic E-state index is -0.0193. The quantitative estimate of drug-likeness (QED) is 0.820. The number of nitrogens with zero attached hydrogens (tertiary/aromatic N) is 2. The second-order valence-electron chi connectivity index (χ2n) is 5.36. The molecule has 1 N–H and O–H groups in total. The summed E-state index contributed by atoms with van der Waals surface area (Å²) in [6.45, 7) is 9.61. The first kappa shape index (κ1) is 13.9. The zero-order valence-electron chi connectivity index (χ0n) is 11.3. The molecule has 0 radical (unpaired) electrons. The van der Waals surface area contributed by atoms with Gasteiger partial charge in [-0.1, -0.05) is 6.92 Å². The molecule has 0 saturated carbocycles. The van der Waals surface area contributed by atoms with Gasteiger partial charge >= 0.3 is 0 Å². The van der Waals surface area contributed by atoms with Crippen LogP contribution >= 0.6 is 0 Å². The van der Waals surface area contributed by atoms with Gasteiger partial charge in [0.15, 0.2) is 5.78 Å². The van der Waals surface area contributed by atoms with Gasteiger partial charge in [0.05, 0.1) is 13.0 Å². The van der Waals surface area contributed by atoms with E-state index < -0.39 is 0 Å². The summed E-state index contributed by atoms with van der Waals surface area (Å²) in [4.78, 5) is 16.0. The fraction of sp³-hybridized carbons (Fsp3) is 0.692. The van der Waals surface area contributed by atoms with E-state index in [1.807, 2.05) is 6.20 Å². The van der Waals surface area contributed by atoms with Gasteiger partial charge in [-0.3, -0.25) is 4.79 Å². The lowest BCUT2D eigenvalue weighted by Gasteiger charge is -2.19. The van der Waals surface area contributed by atoms with Gasteiger partial charge in [0.2, 0.25) is 0 Å². The third kappa shape index (κ3) is 5.13. The molecule has 0 aliphatic rings. The van der Waals surface area contributed by atoms with Crippen LogP contribution in [-0.2, 0) is 17.8 Å². The maximum atomic E-state index is 11.8. The van der Waals surface area contributed by atoms with Crippen LogP contribution in [0.3, 0.4) is 0 Å². The lowest BCUT2D eigenvalue weighted by molar-refractivity contribution is -0.118. The summed E-state index contributed by atoms with van der Waals surface area (Å²) in [5.41, 5.74) is -0.0193. The lowest BCUT2D eigenvalue weighted by atomic mass is 10.1. The lowest BCUT2D eigenvalue weighted by Crippen LogP contribution is -2.39. The molecular weight excluding hydrogens is 214 g/mol. The van der Waals surface area contributed by atoms with E-state index in [2.05, 4.69) is 42.6 Å². The highest BCUT2D eigenvalue weighted by atomic mass is 16.1. The fourth-order valence-corrected chi connectivity index (χ4v) is 1.55. The number of hydrogen-bond acceptors (Lipinski definition) is 3. The number of ketones is 1. The highest BCUT2D eigenvalue weighted by Gasteiger charge is 2.13. The zero-order valence-corrected chi connectivity index (χ0v) is 11.3. The molecule has 0 aliphatic heterocycles. The summed E-state index contributed by atoms with van der Waals surface area (Å²) < 4.78 is 2.05. The molecule has 0 spiro atoms. The Morgan fingerprint density at radius 3 is 2.76 bits per heavy atom. The van der Waals surface area contributed by atoms with Crippen LogP contribution < -0.4 is 5.32 Å². The van der Waals surface area contributed by atoms with Crippen molar-refractivity contribution in [1.29, 1.82) is 0 Å². The van der Waals surface area contributed by atoms with Crippen molar-refractivity contribution in [1.82, 2.24) is 14.9 Å². The Kier molecular flexibility index (Phi) is 4.87. The van der Waals surface area contributed by atoms with E-state index in [9.17, 15) is 4.79 Å². The summed E-state index contributed by atoms with van der Waals surface area (Å²) in [6, 6.07) is 0. The van der Waals surface area contributed by atoms with Gasteiger partial charge in [-0.25, -0.2) is 4.98 Å². The van der Waals surface area contributed by atoms with Crippen molar-refractivity contribution >= 4 is 5.78 Å². The largest absolute Gasteiger partial charge is 0.335 e. The van der Waals surface area contributed by atoms with Gasteiger partial charge < -0.3 is 9.88 Å². The number of imidazole rings is 1. The maximum absolute atomic E-state index is 11.8. The van der Waals surface area contributed by atoms with E-state index in [-0.39, 0.29) is 11.3 Å². The van der Waals surface area contributed by atoms with Crippen molar-refractivity contribution in [2.24, 2.45) is 0 Å². The van der Waals surface area contributed by atoms with Crippen molar-refractivity contribution < 1.29 is 4.79 Å². The normalized spacial score (nSPS) is 11.8. The summed E-state index contributed by atoms with van der Waals surface area (Å²) in [6.07, 6.45) is 5.16. The molecule has 0 aliphatic carbocycles. The van der Waals surface area contributed by atoms with E-state index in [0.29, 0.717) is 13.0 Å². The second-order valence-corrected chi connectivity index (χ2v) is 5.36. The molecule has 4 nitrogen and oxygen atoms in total. The molecule has 1 heterocycles. The summed E-state index contributed by atoms with van der Waals surface area (Å²) in [5.74, 6) is 1.05. The Labute approximate surface area is 103 Å². The maximum Gasteiger partial charge on any atom is 0.154 e. The van der Waals surface area contributed by atoms with Crippen molar-refractivity contribution in [3.05, 3.63) is 18.2 Å². The van der Waals surface area contributed by atoms with Gasteiger partial charge in [-0.2, -0.15) is 0 Å². The van der Waals surface area contributed by atoms with Crippen LogP contribution in [0.5, 0.6) is 0 Å². The number of aryl methyl sites for hydroxylation is 1. The summed E-state index contributed by atoms with van der Waals surface area (Å²) in [5, 5.41) is 3.20. The molecule has 1 aromatic rings. The van der Waals surface area contributed by atoms with Crippen molar-refractivity contribution in [3.63, 3.8) is 0 Å². The molecule has 1 aromatic heterocycles. The van der Waals surface area contributed by atoms with Crippen LogP contribution in [0.25, 0.3) is 0 Å². The SMILES string of the molecule is CCCn1ccnc1CC(=O)CNC(C)(C)C. The summed E-state index contributed by atoms with van der Waals surface area (Å²) >= 11 is 0. The summed E-state index contributed by atoms with van der Waals surface area (Å²) in [7, 11) is 0. The minimum absolute atomic E-state index is 0.0193. The predicted molar refractivity (Wildman–Crippen MR) is 69.0 cm³/mol. The molecule has 0 aromatic carbocycles. The Hall–Kier alpha value is -1.16. The van der Waals surface area contributed by atoms with Crippen molar-refractivity contribution in [2.45, 2.75) is 52.6 Å². The molecule has 0 saturated heterocycles. The van der Waals surface area contributed by atoms with Crippen LogP contribution in [0.1, 0.15) is 39.9 Å². The smallest absolute Gasteiger partial charge is 0.154 e. The third-order valence-electron chi connectivity index (χ3n) is 2.44.